The maximum atomic E-state index is 14.0. The zero-order valence-electron chi connectivity index (χ0n) is 20.1. The highest BCUT2D eigenvalue weighted by Crippen LogP contribution is 2.29. The molecule has 1 aliphatic rings. The van der Waals surface area contributed by atoms with Crippen molar-refractivity contribution in [2.75, 3.05) is 45.7 Å². The highest BCUT2D eigenvalue weighted by Gasteiger charge is 2.24. The second-order valence-corrected chi connectivity index (χ2v) is 8.45. The van der Waals surface area contributed by atoms with Crippen LogP contribution in [0.4, 0.5) is 14.9 Å². The predicted molar refractivity (Wildman–Crippen MR) is 134 cm³/mol. The van der Waals surface area contributed by atoms with E-state index in [9.17, 15) is 9.18 Å². The van der Waals surface area contributed by atoms with Crippen LogP contribution in [0.3, 0.4) is 0 Å². The molecule has 1 N–H and O–H groups in total. The number of nitrogens with zero attached hydrogens (tertiary/aromatic N) is 5. The number of hydrogen-bond donors (Lipinski definition) is 1. The first kappa shape index (κ1) is 23.6. The molecule has 186 valence electrons. The summed E-state index contributed by atoms with van der Waals surface area (Å²) in [7, 11) is 3.13. The Morgan fingerprint density at radius 2 is 1.86 bits per heavy atom. The largest absolute Gasteiger partial charge is 0.497 e. The number of amides is 2. The summed E-state index contributed by atoms with van der Waals surface area (Å²) < 4.78 is 26.5. The van der Waals surface area contributed by atoms with Gasteiger partial charge in [0.05, 0.1) is 32.1 Å². The van der Waals surface area contributed by atoms with Gasteiger partial charge in [-0.2, -0.15) is 0 Å². The quantitative estimate of drug-likeness (QED) is 0.441. The Hall–Kier alpha value is -4.18. The number of carbonyl (C=O) groups is 1. The molecule has 2 amide bonds. The standard InChI is InChI=1S/C26H27FN6O3/c1-35-20-8-9-21(23(16-20)36-2)30-26(34)32-13-11-31(12-14-32)17-24-29-22-7-4-10-28-25(22)33(24)19-6-3-5-18(27)15-19/h3-10,15-16H,11-14,17H2,1-2H3,(H,30,34). The lowest BCUT2D eigenvalue weighted by atomic mass is 10.2. The summed E-state index contributed by atoms with van der Waals surface area (Å²) in [6, 6.07) is 15.2. The number of benzene rings is 2. The number of rotatable bonds is 6. The molecule has 2 aromatic heterocycles. The number of halogens is 1. The van der Waals surface area contributed by atoms with E-state index < -0.39 is 0 Å². The highest BCUT2D eigenvalue weighted by atomic mass is 19.1. The fourth-order valence-corrected chi connectivity index (χ4v) is 4.36. The Bertz CT molecular complexity index is 1380. The molecule has 4 aromatic rings. The van der Waals surface area contributed by atoms with Crippen molar-refractivity contribution in [3.05, 3.63) is 72.4 Å². The van der Waals surface area contributed by atoms with Crippen molar-refractivity contribution in [2.24, 2.45) is 0 Å². The lowest BCUT2D eigenvalue weighted by Crippen LogP contribution is -2.49. The minimum atomic E-state index is -0.315. The van der Waals surface area contributed by atoms with E-state index in [-0.39, 0.29) is 11.8 Å². The third-order valence-electron chi connectivity index (χ3n) is 6.23. The van der Waals surface area contributed by atoms with E-state index in [0.29, 0.717) is 61.2 Å². The van der Waals surface area contributed by atoms with Crippen molar-refractivity contribution >= 4 is 22.9 Å². The van der Waals surface area contributed by atoms with Crippen LogP contribution in [0.15, 0.2) is 60.8 Å². The number of aromatic nitrogens is 3. The molecule has 0 spiro atoms. The van der Waals surface area contributed by atoms with Gasteiger partial charge in [-0.1, -0.05) is 6.07 Å². The number of nitrogens with one attached hydrogen (secondary N) is 1. The molecule has 0 unspecified atom stereocenters. The van der Waals surface area contributed by atoms with Crippen molar-refractivity contribution in [2.45, 2.75) is 6.54 Å². The van der Waals surface area contributed by atoms with Gasteiger partial charge < -0.3 is 19.7 Å². The van der Waals surface area contributed by atoms with Gasteiger partial charge in [-0.3, -0.25) is 9.47 Å². The molecule has 1 saturated heterocycles. The number of fused-ring (bicyclic) bond motifs is 1. The van der Waals surface area contributed by atoms with Crippen LogP contribution in [0, 0.1) is 5.82 Å². The topological polar surface area (TPSA) is 84.8 Å². The van der Waals surface area contributed by atoms with Crippen molar-refractivity contribution in [1.82, 2.24) is 24.3 Å². The molecule has 9 nitrogen and oxygen atoms in total. The number of pyridine rings is 1. The number of carbonyl (C=O) groups excluding carboxylic acids is 1. The van der Waals surface area contributed by atoms with Crippen molar-refractivity contribution in [3.8, 4) is 17.2 Å². The second kappa shape index (κ2) is 10.2. The van der Waals surface area contributed by atoms with Gasteiger partial charge in [0.1, 0.15) is 28.7 Å². The number of imidazole rings is 1. The highest BCUT2D eigenvalue weighted by molar-refractivity contribution is 5.91. The lowest BCUT2D eigenvalue weighted by molar-refractivity contribution is 0.140. The van der Waals surface area contributed by atoms with Crippen molar-refractivity contribution in [3.63, 3.8) is 0 Å². The molecular formula is C26H27FN6O3. The zero-order chi connectivity index (χ0) is 25.1. The summed E-state index contributed by atoms with van der Waals surface area (Å²) in [5.74, 6) is 1.64. The number of methoxy groups -OCH3 is 2. The van der Waals surface area contributed by atoms with Crippen LogP contribution in [0.2, 0.25) is 0 Å². The minimum absolute atomic E-state index is 0.186. The molecule has 3 heterocycles. The maximum Gasteiger partial charge on any atom is 0.322 e. The smallest absolute Gasteiger partial charge is 0.322 e. The number of anilines is 1. The Balaban J connectivity index is 1.27. The number of urea groups is 1. The molecule has 5 rings (SSSR count). The summed E-state index contributed by atoms with van der Waals surface area (Å²) in [5.41, 5.74) is 2.70. The Morgan fingerprint density at radius 1 is 1.03 bits per heavy atom. The molecular weight excluding hydrogens is 463 g/mol. The van der Waals surface area contributed by atoms with Gasteiger partial charge in [0, 0.05) is 38.4 Å². The van der Waals surface area contributed by atoms with Gasteiger partial charge in [-0.05, 0) is 42.5 Å². The number of piperazine rings is 1. The molecule has 0 radical (unpaired) electrons. The molecule has 0 bridgehead atoms. The third-order valence-corrected chi connectivity index (χ3v) is 6.23. The second-order valence-electron chi connectivity index (χ2n) is 8.45. The van der Waals surface area contributed by atoms with Crippen molar-refractivity contribution < 1.29 is 18.7 Å². The summed E-state index contributed by atoms with van der Waals surface area (Å²) in [6.07, 6.45) is 1.71. The molecule has 10 heteroatoms. The maximum absolute atomic E-state index is 14.0. The average molecular weight is 491 g/mol. The van der Waals surface area contributed by atoms with Crippen LogP contribution in [0.5, 0.6) is 11.5 Å². The van der Waals surface area contributed by atoms with E-state index in [0.717, 1.165) is 11.3 Å². The van der Waals surface area contributed by atoms with Crippen LogP contribution < -0.4 is 14.8 Å². The lowest BCUT2D eigenvalue weighted by Gasteiger charge is -2.34. The van der Waals surface area contributed by atoms with Gasteiger partial charge >= 0.3 is 6.03 Å². The van der Waals surface area contributed by atoms with Gasteiger partial charge in [0.2, 0.25) is 0 Å². The first-order valence-electron chi connectivity index (χ1n) is 11.6. The molecule has 2 aromatic carbocycles. The molecule has 0 aliphatic carbocycles. The zero-order valence-corrected chi connectivity index (χ0v) is 20.1. The van der Waals surface area contributed by atoms with Gasteiger partial charge in [0.25, 0.3) is 0 Å². The predicted octanol–water partition coefficient (Wildman–Crippen LogP) is 3.93. The minimum Gasteiger partial charge on any atom is -0.497 e. The third kappa shape index (κ3) is 4.80. The van der Waals surface area contributed by atoms with Crippen LogP contribution in [-0.2, 0) is 6.54 Å². The Kier molecular flexibility index (Phi) is 6.68. The van der Waals surface area contributed by atoms with E-state index in [1.54, 1.807) is 49.6 Å². The molecule has 0 atom stereocenters. The van der Waals surface area contributed by atoms with E-state index in [2.05, 4.69) is 15.2 Å². The monoisotopic (exact) mass is 490 g/mol. The summed E-state index contributed by atoms with van der Waals surface area (Å²) in [6.45, 7) is 3.01. The molecule has 0 saturated carbocycles. The van der Waals surface area contributed by atoms with E-state index in [1.807, 2.05) is 22.8 Å². The molecule has 1 fully saturated rings. The first-order chi connectivity index (χ1) is 17.6. The van der Waals surface area contributed by atoms with Crippen LogP contribution >= 0.6 is 0 Å². The normalized spacial score (nSPS) is 14.1. The van der Waals surface area contributed by atoms with Gasteiger partial charge in [-0.15, -0.1) is 0 Å². The molecule has 36 heavy (non-hydrogen) atoms. The van der Waals surface area contributed by atoms with E-state index >= 15 is 0 Å². The summed E-state index contributed by atoms with van der Waals surface area (Å²) >= 11 is 0. The van der Waals surface area contributed by atoms with Crippen LogP contribution in [0.25, 0.3) is 16.9 Å². The summed E-state index contributed by atoms with van der Waals surface area (Å²) in [5, 5.41) is 2.93. The Morgan fingerprint density at radius 3 is 2.61 bits per heavy atom. The van der Waals surface area contributed by atoms with Crippen LogP contribution in [-0.4, -0.2) is 70.8 Å². The number of ether oxygens (including phenoxy) is 2. The van der Waals surface area contributed by atoms with Crippen molar-refractivity contribution in [1.29, 1.82) is 0 Å². The van der Waals surface area contributed by atoms with Gasteiger partial charge in [0.15, 0.2) is 5.65 Å². The fraction of sp³-hybridized carbons (Fsp3) is 0.269. The van der Waals surface area contributed by atoms with Crippen LogP contribution in [0.1, 0.15) is 5.82 Å². The number of hydrogen-bond acceptors (Lipinski definition) is 6. The first-order valence-corrected chi connectivity index (χ1v) is 11.6. The SMILES string of the molecule is COc1ccc(NC(=O)N2CCN(Cc3nc4cccnc4n3-c3cccc(F)c3)CC2)c(OC)c1. The van der Waals surface area contributed by atoms with E-state index in [4.69, 9.17) is 14.5 Å². The van der Waals surface area contributed by atoms with Gasteiger partial charge in [-0.25, -0.2) is 19.2 Å². The Labute approximate surface area is 208 Å². The summed E-state index contributed by atoms with van der Waals surface area (Å²) in [4.78, 5) is 26.2. The average Bonchev–Trinajstić information content (AvgIpc) is 3.27. The molecule has 1 aliphatic heterocycles. The van der Waals surface area contributed by atoms with E-state index in [1.165, 1.54) is 12.1 Å². The fourth-order valence-electron chi connectivity index (χ4n) is 4.36.